The van der Waals surface area contributed by atoms with Crippen molar-refractivity contribution in [2.45, 2.75) is 13.0 Å². The lowest BCUT2D eigenvalue weighted by atomic mass is 10.3. The van der Waals surface area contributed by atoms with Gasteiger partial charge in [-0.3, -0.25) is 0 Å². The minimum Gasteiger partial charge on any atom is -0.385 e. The van der Waals surface area contributed by atoms with Gasteiger partial charge < -0.3 is 14.6 Å². The average molecular weight is 284 g/mol. The van der Waals surface area contributed by atoms with Gasteiger partial charge in [-0.25, -0.2) is 9.37 Å². The van der Waals surface area contributed by atoms with E-state index in [2.05, 4.69) is 10.3 Å². The van der Waals surface area contributed by atoms with Gasteiger partial charge in [0.1, 0.15) is 5.82 Å². The zero-order valence-corrected chi connectivity index (χ0v) is 11.3. The second-order valence-electron chi connectivity index (χ2n) is 4.04. The van der Waals surface area contributed by atoms with Crippen LogP contribution in [0.2, 0.25) is 5.02 Å². The first kappa shape index (κ1) is 13.8. The molecule has 1 aromatic heterocycles. The molecule has 0 unspecified atom stereocenters. The van der Waals surface area contributed by atoms with Crippen LogP contribution >= 0.6 is 11.6 Å². The number of hydrogen-bond acceptors (Lipinski definition) is 3. The number of aryl methyl sites for hydroxylation is 1. The molecule has 0 saturated heterocycles. The van der Waals surface area contributed by atoms with Crippen molar-refractivity contribution in [1.29, 1.82) is 0 Å². The Morgan fingerprint density at radius 1 is 1.47 bits per heavy atom. The third kappa shape index (κ3) is 3.68. The predicted octanol–water partition coefficient (Wildman–Crippen LogP) is 3.46. The summed E-state index contributed by atoms with van der Waals surface area (Å²) in [5, 5.41) is 3.48. The van der Waals surface area contributed by atoms with Gasteiger partial charge in [0.15, 0.2) is 0 Å². The number of imidazole rings is 1. The molecule has 0 aliphatic rings. The van der Waals surface area contributed by atoms with E-state index in [-0.39, 0.29) is 5.82 Å². The smallest absolute Gasteiger partial charge is 0.207 e. The van der Waals surface area contributed by atoms with Crippen LogP contribution < -0.4 is 5.32 Å². The molecule has 0 aliphatic heterocycles. The monoisotopic (exact) mass is 283 g/mol. The van der Waals surface area contributed by atoms with E-state index in [0.717, 1.165) is 13.0 Å². The molecule has 19 heavy (non-hydrogen) atoms. The van der Waals surface area contributed by atoms with Crippen molar-refractivity contribution < 1.29 is 9.13 Å². The summed E-state index contributed by atoms with van der Waals surface area (Å²) < 4.78 is 20.1. The van der Waals surface area contributed by atoms with Crippen LogP contribution in [0.25, 0.3) is 0 Å². The number of hydrogen-bond donors (Lipinski definition) is 1. The molecule has 0 radical (unpaired) electrons. The van der Waals surface area contributed by atoms with Gasteiger partial charge in [-0.05, 0) is 24.6 Å². The topological polar surface area (TPSA) is 39.1 Å². The molecular formula is C13H15ClFN3O. The van der Waals surface area contributed by atoms with E-state index in [1.807, 2.05) is 10.8 Å². The van der Waals surface area contributed by atoms with Crippen molar-refractivity contribution in [3.63, 3.8) is 0 Å². The minimum atomic E-state index is -0.343. The SMILES string of the molecule is COCCCn1ccnc1Nc1cc(F)ccc1Cl. The third-order valence-corrected chi connectivity index (χ3v) is 2.97. The largest absolute Gasteiger partial charge is 0.385 e. The van der Waals surface area contributed by atoms with E-state index in [1.54, 1.807) is 13.3 Å². The number of nitrogens with zero attached hydrogens (tertiary/aromatic N) is 2. The van der Waals surface area contributed by atoms with Gasteiger partial charge in [0.05, 0.1) is 10.7 Å². The molecule has 0 fully saturated rings. The van der Waals surface area contributed by atoms with Crippen LogP contribution in [0.15, 0.2) is 30.6 Å². The first-order valence-corrected chi connectivity index (χ1v) is 6.30. The molecule has 102 valence electrons. The highest BCUT2D eigenvalue weighted by atomic mass is 35.5. The fourth-order valence-electron chi connectivity index (χ4n) is 1.71. The van der Waals surface area contributed by atoms with E-state index in [0.29, 0.717) is 23.3 Å². The Bertz CT molecular complexity index is 544. The van der Waals surface area contributed by atoms with Crippen LogP contribution in [0, 0.1) is 5.82 Å². The van der Waals surface area contributed by atoms with Crippen LogP contribution in [0.4, 0.5) is 16.0 Å². The molecule has 1 aromatic carbocycles. The van der Waals surface area contributed by atoms with E-state index in [9.17, 15) is 4.39 Å². The minimum absolute atomic E-state index is 0.343. The van der Waals surface area contributed by atoms with Crippen LogP contribution in [-0.2, 0) is 11.3 Å². The van der Waals surface area contributed by atoms with E-state index < -0.39 is 0 Å². The Hall–Kier alpha value is -1.59. The summed E-state index contributed by atoms with van der Waals surface area (Å²) in [5.41, 5.74) is 0.501. The Kier molecular flexibility index (Phi) is 4.76. The second-order valence-corrected chi connectivity index (χ2v) is 4.45. The van der Waals surface area contributed by atoms with Gasteiger partial charge in [0, 0.05) is 32.7 Å². The molecule has 2 rings (SSSR count). The first-order valence-electron chi connectivity index (χ1n) is 5.93. The van der Waals surface area contributed by atoms with Gasteiger partial charge in [-0.2, -0.15) is 0 Å². The average Bonchev–Trinajstić information content (AvgIpc) is 2.82. The molecule has 0 saturated carbocycles. The fourth-order valence-corrected chi connectivity index (χ4v) is 1.87. The highest BCUT2D eigenvalue weighted by molar-refractivity contribution is 6.33. The summed E-state index contributed by atoms with van der Waals surface area (Å²) in [5.74, 6) is 0.285. The number of benzene rings is 1. The standard InChI is InChI=1S/C13H15ClFN3O/c1-19-8-2-6-18-7-5-16-13(18)17-12-9-10(15)3-4-11(12)14/h3-5,7,9H,2,6,8H2,1H3,(H,16,17). The zero-order chi connectivity index (χ0) is 13.7. The number of anilines is 2. The Morgan fingerprint density at radius 3 is 3.11 bits per heavy atom. The lowest BCUT2D eigenvalue weighted by molar-refractivity contribution is 0.190. The second kappa shape index (κ2) is 6.54. The number of methoxy groups -OCH3 is 1. The molecule has 4 nitrogen and oxygen atoms in total. The highest BCUT2D eigenvalue weighted by Gasteiger charge is 2.07. The third-order valence-electron chi connectivity index (χ3n) is 2.64. The zero-order valence-electron chi connectivity index (χ0n) is 10.6. The maximum atomic E-state index is 13.2. The van der Waals surface area contributed by atoms with E-state index in [4.69, 9.17) is 16.3 Å². The Balaban J connectivity index is 2.10. The summed E-state index contributed by atoms with van der Waals surface area (Å²) in [4.78, 5) is 4.19. The quantitative estimate of drug-likeness (QED) is 0.825. The van der Waals surface area contributed by atoms with Crippen molar-refractivity contribution in [3.05, 3.63) is 41.4 Å². The van der Waals surface area contributed by atoms with Crippen molar-refractivity contribution in [2.75, 3.05) is 19.0 Å². The number of nitrogens with one attached hydrogen (secondary N) is 1. The van der Waals surface area contributed by atoms with Crippen LogP contribution in [-0.4, -0.2) is 23.3 Å². The fraction of sp³-hybridized carbons (Fsp3) is 0.308. The summed E-state index contributed by atoms with van der Waals surface area (Å²) in [6, 6.07) is 4.17. The maximum Gasteiger partial charge on any atom is 0.207 e. The van der Waals surface area contributed by atoms with Crippen molar-refractivity contribution >= 4 is 23.2 Å². The van der Waals surface area contributed by atoms with Gasteiger partial charge in [-0.15, -0.1) is 0 Å². The summed E-state index contributed by atoms with van der Waals surface area (Å²) in [7, 11) is 1.67. The Morgan fingerprint density at radius 2 is 2.32 bits per heavy atom. The lowest BCUT2D eigenvalue weighted by Gasteiger charge is -2.10. The molecule has 1 N–H and O–H groups in total. The van der Waals surface area contributed by atoms with Crippen LogP contribution in [0.5, 0.6) is 0 Å². The van der Waals surface area contributed by atoms with Gasteiger partial charge >= 0.3 is 0 Å². The van der Waals surface area contributed by atoms with Gasteiger partial charge in [-0.1, -0.05) is 11.6 Å². The first-order chi connectivity index (χ1) is 9.20. The number of halogens is 2. The lowest BCUT2D eigenvalue weighted by Crippen LogP contribution is -2.05. The molecule has 0 bridgehead atoms. The highest BCUT2D eigenvalue weighted by Crippen LogP contribution is 2.25. The van der Waals surface area contributed by atoms with Gasteiger partial charge in [0.2, 0.25) is 5.95 Å². The summed E-state index contributed by atoms with van der Waals surface area (Å²) in [6.07, 6.45) is 4.41. The molecule has 0 spiro atoms. The van der Waals surface area contributed by atoms with Gasteiger partial charge in [0.25, 0.3) is 0 Å². The van der Waals surface area contributed by atoms with Crippen LogP contribution in [0.1, 0.15) is 6.42 Å². The van der Waals surface area contributed by atoms with E-state index >= 15 is 0 Å². The molecule has 6 heteroatoms. The van der Waals surface area contributed by atoms with Crippen molar-refractivity contribution in [3.8, 4) is 0 Å². The van der Waals surface area contributed by atoms with E-state index in [1.165, 1.54) is 18.2 Å². The van der Waals surface area contributed by atoms with Crippen molar-refractivity contribution in [2.24, 2.45) is 0 Å². The molecule has 1 heterocycles. The van der Waals surface area contributed by atoms with Crippen LogP contribution in [0.3, 0.4) is 0 Å². The molecular weight excluding hydrogens is 269 g/mol. The molecule has 2 aromatic rings. The number of aromatic nitrogens is 2. The Labute approximate surface area is 116 Å². The summed E-state index contributed by atoms with van der Waals surface area (Å²) >= 11 is 6.01. The molecule has 0 aliphatic carbocycles. The predicted molar refractivity (Wildman–Crippen MR) is 73.4 cm³/mol. The summed E-state index contributed by atoms with van der Waals surface area (Å²) in [6.45, 7) is 1.45. The molecule has 0 amide bonds. The van der Waals surface area contributed by atoms with Crippen molar-refractivity contribution in [1.82, 2.24) is 9.55 Å². The number of ether oxygens (including phenoxy) is 1. The number of rotatable bonds is 6. The normalized spacial score (nSPS) is 10.7. The maximum absolute atomic E-state index is 13.2. The molecule has 0 atom stereocenters.